The van der Waals surface area contributed by atoms with E-state index in [0.29, 0.717) is 11.6 Å². The topological polar surface area (TPSA) is 70.8 Å². The normalized spacial score (nSPS) is 16.9. The smallest absolute Gasteiger partial charge is 0.242 e. The highest BCUT2D eigenvalue weighted by atomic mass is 16.5. The van der Waals surface area contributed by atoms with E-state index in [2.05, 4.69) is 39.3 Å². The van der Waals surface area contributed by atoms with Crippen LogP contribution in [0.3, 0.4) is 0 Å². The zero-order chi connectivity index (χ0) is 19.4. The zero-order valence-corrected chi connectivity index (χ0v) is 16.5. The Hall–Kier alpha value is -2.38. The molecule has 0 unspecified atom stereocenters. The van der Waals surface area contributed by atoms with Gasteiger partial charge in [0.2, 0.25) is 5.91 Å². The standard InChI is InChI=1S/C20H28N4O3/c1-14-5-6-18(26-4)17(11-14)13-23-7-9-24(10-8-23)16(3)20(25)21-19-12-15(2)27-22-19/h5-6,11-12,16H,7-10,13H2,1-4H3,(H,21,22,25)/t16-/m0/s1. The van der Waals surface area contributed by atoms with E-state index in [-0.39, 0.29) is 11.9 Å². The molecule has 1 N–H and O–H groups in total. The van der Waals surface area contributed by atoms with Crippen molar-refractivity contribution in [1.29, 1.82) is 0 Å². The number of methoxy groups -OCH3 is 1. The summed E-state index contributed by atoms with van der Waals surface area (Å²) in [4.78, 5) is 17.1. The highest BCUT2D eigenvalue weighted by molar-refractivity contribution is 5.93. The van der Waals surface area contributed by atoms with Gasteiger partial charge in [0.25, 0.3) is 0 Å². The molecule has 7 nitrogen and oxygen atoms in total. The highest BCUT2D eigenvalue weighted by Gasteiger charge is 2.26. The van der Waals surface area contributed by atoms with Crippen molar-refractivity contribution in [3.63, 3.8) is 0 Å². The van der Waals surface area contributed by atoms with Gasteiger partial charge in [-0.2, -0.15) is 0 Å². The van der Waals surface area contributed by atoms with E-state index in [9.17, 15) is 4.79 Å². The van der Waals surface area contributed by atoms with Gasteiger partial charge in [0, 0.05) is 44.4 Å². The SMILES string of the molecule is COc1ccc(C)cc1CN1CCN([C@@H](C)C(=O)Nc2cc(C)on2)CC1. The highest BCUT2D eigenvalue weighted by Crippen LogP contribution is 2.22. The fourth-order valence-electron chi connectivity index (χ4n) is 3.40. The molecule has 1 saturated heterocycles. The third kappa shape index (κ3) is 4.87. The molecular formula is C20H28N4O3. The number of ether oxygens (including phenoxy) is 1. The van der Waals surface area contributed by atoms with Crippen molar-refractivity contribution in [2.75, 3.05) is 38.6 Å². The predicted octanol–water partition coefficient (Wildman–Crippen LogP) is 2.44. The number of carbonyl (C=O) groups is 1. The lowest BCUT2D eigenvalue weighted by atomic mass is 10.1. The first-order chi connectivity index (χ1) is 13.0. The van der Waals surface area contributed by atoms with Crippen molar-refractivity contribution in [2.45, 2.75) is 33.4 Å². The molecule has 1 atom stereocenters. The Labute approximate surface area is 160 Å². The minimum atomic E-state index is -0.210. The number of hydrogen-bond acceptors (Lipinski definition) is 6. The Morgan fingerprint density at radius 1 is 1.26 bits per heavy atom. The number of hydrogen-bond donors (Lipinski definition) is 1. The number of benzene rings is 1. The van der Waals surface area contributed by atoms with Gasteiger partial charge >= 0.3 is 0 Å². The van der Waals surface area contributed by atoms with Crippen molar-refractivity contribution < 1.29 is 14.1 Å². The molecule has 0 saturated carbocycles. The van der Waals surface area contributed by atoms with Crippen molar-refractivity contribution in [3.8, 4) is 5.75 Å². The van der Waals surface area contributed by atoms with Gasteiger partial charge in [0.15, 0.2) is 5.82 Å². The first-order valence-electron chi connectivity index (χ1n) is 9.30. The number of aromatic nitrogens is 1. The molecule has 0 aliphatic carbocycles. The fourth-order valence-corrected chi connectivity index (χ4v) is 3.40. The van der Waals surface area contributed by atoms with Crippen LogP contribution in [0.25, 0.3) is 0 Å². The third-order valence-electron chi connectivity index (χ3n) is 5.04. The van der Waals surface area contributed by atoms with Crippen LogP contribution in [0, 0.1) is 13.8 Å². The van der Waals surface area contributed by atoms with Crippen LogP contribution in [0.1, 0.15) is 23.8 Å². The lowest BCUT2D eigenvalue weighted by molar-refractivity contribution is -0.121. The first kappa shape index (κ1) is 19.4. The number of piperazine rings is 1. The lowest BCUT2D eigenvalue weighted by Crippen LogP contribution is -2.52. The van der Waals surface area contributed by atoms with E-state index in [1.165, 1.54) is 11.1 Å². The van der Waals surface area contributed by atoms with Crippen LogP contribution in [0.2, 0.25) is 0 Å². The summed E-state index contributed by atoms with van der Waals surface area (Å²) < 4.78 is 10.5. The Morgan fingerprint density at radius 2 is 2.00 bits per heavy atom. The monoisotopic (exact) mass is 372 g/mol. The Balaban J connectivity index is 1.52. The molecule has 27 heavy (non-hydrogen) atoms. The average molecular weight is 372 g/mol. The summed E-state index contributed by atoms with van der Waals surface area (Å²) in [6, 6.07) is 7.78. The molecule has 1 aromatic heterocycles. The van der Waals surface area contributed by atoms with Gasteiger partial charge in [-0.1, -0.05) is 22.9 Å². The van der Waals surface area contributed by atoms with Crippen LogP contribution >= 0.6 is 0 Å². The van der Waals surface area contributed by atoms with E-state index in [0.717, 1.165) is 38.5 Å². The molecule has 7 heteroatoms. The number of carbonyl (C=O) groups excluding carboxylic acids is 1. The fraction of sp³-hybridized carbons (Fsp3) is 0.500. The molecule has 2 aromatic rings. The zero-order valence-electron chi connectivity index (χ0n) is 16.5. The second-order valence-corrected chi connectivity index (χ2v) is 7.12. The van der Waals surface area contributed by atoms with E-state index in [1.54, 1.807) is 20.1 Å². The molecule has 0 bridgehead atoms. The van der Waals surface area contributed by atoms with E-state index >= 15 is 0 Å². The molecule has 3 rings (SSSR count). The van der Waals surface area contributed by atoms with Gasteiger partial charge in [-0.25, -0.2) is 0 Å². The first-order valence-corrected chi connectivity index (χ1v) is 9.30. The second kappa shape index (κ2) is 8.54. The molecule has 0 radical (unpaired) electrons. The number of nitrogens with zero attached hydrogens (tertiary/aromatic N) is 3. The summed E-state index contributed by atoms with van der Waals surface area (Å²) in [7, 11) is 1.71. The Kier molecular flexibility index (Phi) is 6.13. The second-order valence-electron chi connectivity index (χ2n) is 7.12. The maximum atomic E-state index is 12.4. The molecular weight excluding hydrogens is 344 g/mol. The van der Waals surface area contributed by atoms with Crippen LogP contribution in [-0.4, -0.2) is 60.2 Å². The third-order valence-corrected chi connectivity index (χ3v) is 5.04. The van der Waals surface area contributed by atoms with Crippen molar-refractivity contribution in [1.82, 2.24) is 15.0 Å². The summed E-state index contributed by atoms with van der Waals surface area (Å²) in [5, 5.41) is 6.64. The van der Waals surface area contributed by atoms with Crippen LogP contribution in [0.4, 0.5) is 5.82 Å². The van der Waals surface area contributed by atoms with Gasteiger partial charge in [0.1, 0.15) is 11.5 Å². The van der Waals surface area contributed by atoms with Crippen molar-refractivity contribution in [2.24, 2.45) is 0 Å². The molecule has 1 aliphatic rings. The maximum absolute atomic E-state index is 12.4. The van der Waals surface area contributed by atoms with Gasteiger partial charge in [0.05, 0.1) is 13.2 Å². The van der Waals surface area contributed by atoms with Gasteiger partial charge < -0.3 is 14.6 Å². The predicted molar refractivity (Wildman–Crippen MR) is 104 cm³/mol. The minimum Gasteiger partial charge on any atom is -0.496 e. The Morgan fingerprint density at radius 3 is 2.63 bits per heavy atom. The quantitative estimate of drug-likeness (QED) is 0.840. The molecule has 1 fully saturated rings. The van der Waals surface area contributed by atoms with E-state index < -0.39 is 0 Å². The van der Waals surface area contributed by atoms with Crippen LogP contribution < -0.4 is 10.1 Å². The van der Waals surface area contributed by atoms with Gasteiger partial charge in [-0.05, 0) is 26.8 Å². The summed E-state index contributed by atoms with van der Waals surface area (Å²) in [5.41, 5.74) is 2.44. The molecule has 1 aliphatic heterocycles. The summed E-state index contributed by atoms with van der Waals surface area (Å²) in [5.74, 6) is 2.02. The number of anilines is 1. The molecule has 0 spiro atoms. The molecule has 2 heterocycles. The van der Waals surface area contributed by atoms with Crippen LogP contribution in [0.5, 0.6) is 5.75 Å². The maximum Gasteiger partial charge on any atom is 0.242 e. The minimum absolute atomic E-state index is 0.0582. The number of nitrogens with one attached hydrogen (secondary N) is 1. The van der Waals surface area contributed by atoms with Crippen molar-refractivity contribution >= 4 is 11.7 Å². The van der Waals surface area contributed by atoms with E-state index in [4.69, 9.17) is 9.26 Å². The van der Waals surface area contributed by atoms with Crippen LogP contribution in [-0.2, 0) is 11.3 Å². The van der Waals surface area contributed by atoms with Crippen molar-refractivity contribution in [3.05, 3.63) is 41.2 Å². The number of rotatable bonds is 6. The number of aryl methyl sites for hydroxylation is 2. The molecule has 1 amide bonds. The van der Waals surface area contributed by atoms with Gasteiger partial charge in [-0.15, -0.1) is 0 Å². The summed E-state index contributed by atoms with van der Waals surface area (Å²) in [6.07, 6.45) is 0. The summed E-state index contributed by atoms with van der Waals surface area (Å²) >= 11 is 0. The summed E-state index contributed by atoms with van der Waals surface area (Å²) in [6.45, 7) is 10.2. The van der Waals surface area contributed by atoms with Gasteiger partial charge in [-0.3, -0.25) is 14.6 Å². The van der Waals surface area contributed by atoms with E-state index in [1.807, 2.05) is 13.0 Å². The Bertz CT molecular complexity index is 781. The molecule has 146 valence electrons. The largest absolute Gasteiger partial charge is 0.496 e. The molecule has 1 aromatic carbocycles. The van der Waals surface area contributed by atoms with Crippen LogP contribution in [0.15, 0.2) is 28.8 Å². The average Bonchev–Trinajstić information content (AvgIpc) is 3.06. The lowest BCUT2D eigenvalue weighted by Gasteiger charge is -2.37. The number of amides is 1.